The van der Waals surface area contributed by atoms with Crippen LogP contribution in [-0.2, 0) is 11.3 Å². The van der Waals surface area contributed by atoms with Crippen molar-refractivity contribution in [1.82, 2.24) is 15.2 Å². The van der Waals surface area contributed by atoms with Gasteiger partial charge in [-0.2, -0.15) is 0 Å². The van der Waals surface area contributed by atoms with Gasteiger partial charge in [-0.25, -0.2) is 13.6 Å². The Kier molecular flexibility index (Phi) is 5.10. The van der Waals surface area contributed by atoms with Crippen molar-refractivity contribution in [3.8, 4) is 29.2 Å². The lowest BCUT2D eigenvalue weighted by Gasteiger charge is -2.21. The number of urea groups is 1. The maximum absolute atomic E-state index is 14.0. The van der Waals surface area contributed by atoms with Gasteiger partial charge >= 0.3 is 6.03 Å². The fraction of sp³-hybridized carbons (Fsp3) is 0.182. The van der Waals surface area contributed by atoms with Crippen LogP contribution in [0.25, 0.3) is 10.8 Å². The number of hydrogen-bond acceptors (Lipinski definition) is 5. The smallest absolute Gasteiger partial charge is 0.323 e. The molecule has 0 spiro atoms. The van der Waals surface area contributed by atoms with Gasteiger partial charge in [-0.15, -0.1) is 0 Å². The molecule has 2 aromatic carbocycles. The largest absolute Gasteiger partial charge is 0.497 e. The number of imide groups is 1. The molecule has 1 atom stereocenters. The van der Waals surface area contributed by atoms with Gasteiger partial charge in [0.05, 0.1) is 26.3 Å². The van der Waals surface area contributed by atoms with E-state index in [2.05, 4.69) is 22.5 Å². The second-order valence-electron chi connectivity index (χ2n) is 7.07. The fourth-order valence-electron chi connectivity index (χ4n) is 3.49. The van der Waals surface area contributed by atoms with Crippen LogP contribution in [0.15, 0.2) is 36.5 Å². The highest BCUT2D eigenvalue weighted by atomic mass is 19.1. The molecule has 3 aromatic rings. The Morgan fingerprint density at radius 1 is 1.16 bits per heavy atom. The highest BCUT2D eigenvalue weighted by Crippen LogP contribution is 2.32. The number of nitrogens with one attached hydrogen (secondary N) is 2. The molecule has 1 aromatic heterocycles. The first-order chi connectivity index (χ1) is 15.3. The first kappa shape index (κ1) is 21.0. The lowest BCUT2D eigenvalue weighted by Crippen LogP contribution is -2.49. The number of rotatable bonds is 4. The molecular formula is C22H17F2N3O5. The first-order valence-electron chi connectivity index (χ1n) is 9.32. The normalized spacial score (nSPS) is 17.5. The number of methoxy groups -OCH3 is 2. The van der Waals surface area contributed by atoms with Crippen LogP contribution < -0.4 is 20.1 Å². The van der Waals surface area contributed by atoms with Crippen LogP contribution in [0, 0.1) is 23.5 Å². The summed E-state index contributed by atoms with van der Waals surface area (Å²) >= 11 is 0. The second kappa shape index (κ2) is 7.77. The Labute approximate surface area is 180 Å². The molecule has 1 fully saturated rings. The summed E-state index contributed by atoms with van der Waals surface area (Å²) < 4.78 is 39.1. The third-order valence-corrected chi connectivity index (χ3v) is 5.04. The lowest BCUT2D eigenvalue weighted by molar-refractivity contribution is -0.122. The van der Waals surface area contributed by atoms with Gasteiger partial charge in [0.2, 0.25) is 5.54 Å². The van der Waals surface area contributed by atoms with Crippen molar-refractivity contribution in [3.05, 3.63) is 53.7 Å². The number of ether oxygens (including phenoxy) is 2. The molecule has 1 saturated heterocycles. The molecule has 0 saturated carbocycles. The van der Waals surface area contributed by atoms with Crippen LogP contribution in [0.2, 0.25) is 0 Å². The van der Waals surface area contributed by atoms with Gasteiger partial charge in [0, 0.05) is 23.0 Å². The number of hydrogen-bond donors (Lipinski definition) is 3. The summed E-state index contributed by atoms with van der Waals surface area (Å²) in [5.41, 5.74) is -1.97. The molecule has 1 aliphatic heterocycles. The second-order valence-corrected chi connectivity index (χ2v) is 7.07. The predicted molar refractivity (Wildman–Crippen MR) is 109 cm³/mol. The van der Waals surface area contributed by atoms with Gasteiger partial charge in [-0.05, 0) is 24.3 Å². The average Bonchev–Trinajstić information content (AvgIpc) is 3.21. The Morgan fingerprint density at radius 2 is 1.94 bits per heavy atom. The molecule has 4 rings (SSSR count). The molecule has 10 heteroatoms. The van der Waals surface area contributed by atoms with E-state index in [1.165, 1.54) is 18.8 Å². The number of aromatic hydroxyl groups is 1. The first-order valence-corrected chi connectivity index (χ1v) is 9.32. The topological polar surface area (TPSA) is 102 Å². The number of carbonyl (C=O) groups is 2. The van der Waals surface area contributed by atoms with Crippen molar-refractivity contribution < 1.29 is 33.0 Å². The summed E-state index contributed by atoms with van der Waals surface area (Å²) in [6.45, 7) is -0.277. The number of carbonyl (C=O) groups excluding carboxylic acids is 2. The summed E-state index contributed by atoms with van der Waals surface area (Å²) in [5, 5.41) is 16.3. The van der Waals surface area contributed by atoms with Crippen molar-refractivity contribution >= 4 is 22.7 Å². The molecule has 3 amide bonds. The minimum atomic E-state index is -1.82. The van der Waals surface area contributed by atoms with Crippen LogP contribution in [0.4, 0.5) is 13.6 Å². The molecule has 0 bridgehead atoms. The highest BCUT2D eigenvalue weighted by molar-refractivity contribution is 6.09. The van der Waals surface area contributed by atoms with Crippen molar-refractivity contribution in [2.75, 3.05) is 14.2 Å². The van der Waals surface area contributed by atoms with Gasteiger partial charge in [-0.1, -0.05) is 11.8 Å². The number of halogens is 2. The number of benzene rings is 2. The number of aromatic nitrogens is 1. The SMILES string of the molecule is COc1ccc2cn(C[C@@]3(C#Cc4cc(F)cc(F)c4OC)NC(=O)NC3=O)c(O)c2c1. The van der Waals surface area contributed by atoms with Crippen molar-refractivity contribution in [1.29, 1.82) is 0 Å². The third-order valence-electron chi connectivity index (χ3n) is 5.04. The Balaban J connectivity index is 1.80. The zero-order valence-electron chi connectivity index (χ0n) is 17.0. The molecule has 0 aliphatic carbocycles. The molecule has 32 heavy (non-hydrogen) atoms. The Hall–Kier alpha value is -4.26. The van der Waals surface area contributed by atoms with Gasteiger partial charge in [0.1, 0.15) is 11.6 Å². The lowest BCUT2D eigenvalue weighted by atomic mass is 9.99. The van der Waals surface area contributed by atoms with E-state index in [9.17, 15) is 23.5 Å². The molecule has 2 heterocycles. The molecule has 1 aliphatic rings. The third kappa shape index (κ3) is 3.54. The van der Waals surface area contributed by atoms with Gasteiger partial charge in [0.15, 0.2) is 17.4 Å². The van der Waals surface area contributed by atoms with E-state index in [4.69, 9.17) is 9.47 Å². The van der Waals surface area contributed by atoms with Crippen LogP contribution in [0.1, 0.15) is 5.56 Å². The van der Waals surface area contributed by atoms with Crippen molar-refractivity contribution in [3.63, 3.8) is 0 Å². The van der Waals surface area contributed by atoms with Crippen molar-refractivity contribution in [2.24, 2.45) is 0 Å². The zero-order valence-corrected chi connectivity index (χ0v) is 17.0. The quantitative estimate of drug-likeness (QED) is 0.426. The van der Waals surface area contributed by atoms with Crippen LogP contribution >= 0.6 is 0 Å². The monoisotopic (exact) mass is 441 g/mol. The van der Waals surface area contributed by atoms with Crippen LogP contribution in [0.5, 0.6) is 17.4 Å². The Morgan fingerprint density at radius 3 is 2.59 bits per heavy atom. The van der Waals surface area contributed by atoms with Gasteiger partial charge < -0.3 is 24.5 Å². The van der Waals surface area contributed by atoms with E-state index in [0.29, 0.717) is 22.6 Å². The Bertz CT molecular complexity index is 1320. The van der Waals surface area contributed by atoms with E-state index in [0.717, 1.165) is 6.07 Å². The summed E-state index contributed by atoms with van der Waals surface area (Å²) in [7, 11) is 2.68. The maximum atomic E-state index is 14.0. The standard InChI is InChI=1S/C22H17F2N3O5/c1-31-15-4-3-13-10-27(19(28)16(13)9-15)11-22(20(29)25-21(30)26-22)6-5-12-7-14(23)8-17(24)18(12)32-2/h3-4,7-10,28H,11H2,1-2H3,(H2,25,26,29,30)/t22-/m1/s1. The van der Waals surface area contributed by atoms with E-state index >= 15 is 0 Å². The van der Waals surface area contributed by atoms with Crippen molar-refractivity contribution in [2.45, 2.75) is 12.1 Å². The summed E-state index contributed by atoms with van der Waals surface area (Å²) in [6, 6.07) is 5.84. The predicted octanol–water partition coefficient (Wildman–Crippen LogP) is 2.27. The van der Waals surface area contributed by atoms with E-state index < -0.39 is 29.1 Å². The highest BCUT2D eigenvalue weighted by Gasteiger charge is 2.46. The number of nitrogens with zero attached hydrogens (tertiary/aromatic N) is 1. The maximum Gasteiger partial charge on any atom is 0.323 e. The fourth-order valence-corrected chi connectivity index (χ4v) is 3.49. The molecule has 164 valence electrons. The molecule has 0 radical (unpaired) electrons. The zero-order chi connectivity index (χ0) is 23.0. The molecular weight excluding hydrogens is 424 g/mol. The molecule has 8 nitrogen and oxygen atoms in total. The molecule has 3 N–H and O–H groups in total. The van der Waals surface area contributed by atoms with Crippen LogP contribution in [-0.4, -0.2) is 41.4 Å². The summed E-state index contributed by atoms with van der Waals surface area (Å²) in [6.07, 6.45) is 1.58. The summed E-state index contributed by atoms with van der Waals surface area (Å²) in [5.74, 6) is 2.54. The van der Waals surface area contributed by atoms with E-state index in [1.807, 2.05) is 0 Å². The van der Waals surface area contributed by atoms with Crippen LogP contribution in [0.3, 0.4) is 0 Å². The number of fused-ring (bicyclic) bond motifs is 1. The number of amides is 3. The minimum Gasteiger partial charge on any atom is -0.497 e. The van der Waals surface area contributed by atoms with E-state index in [-0.39, 0.29) is 23.7 Å². The van der Waals surface area contributed by atoms with Gasteiger partial charge in [0.25, 0.3) is 5.91 Å². The summed E-state index contributed by atoms with van der Waals surface area (Å²) in [4.78, 5) is 24.6. The van der Waals surface area contributed by atoms with Gasteiger partial charge in [-0.3, -0.25) is 10.1 Å². The molecule has 0 unspecified atom stereocenters. The minimum absolute atomic E-state index is 0.148. The average molecular weight is 441 g/mol. The van der Waals surface area contributed by atoms with E-state index in [1.54, 1.807) is 24.4 Å².